The fourth-order valence-electron chi connectivity index (χ4n) is 2.08. The van der Waals surface area contributed by atoms with Crippen molar-refractivity contribution in [2.75, 3.05) is 39.4 Å². The second kappa shape index (κ2) is 4.64. The standard InChI is InChI=1S/C10H17FN2O/c11-9-10(12-3-1-2-4-12)13-5-7-14-8-6-13/h9H,1-8H2/b10-9+. The Bertz CT molecular complexity index is 208. The average molecular weight is 200 g/mol. The first kappa shape index (κ1) is 9.77. The van der Waals surface area contributed by atoms with Gasteiger partial charge in [-0.15, -0.1) is 0 Å². The van der Waals surface area contributed by atoms with Crippen molar-refractivity contribution in [3.05, 3.63) is 12.2 Å². The predicted molar refractivity (Wildman–Crippen MR) is 52.4 cm³/mol. The molecule has 0 radical (unpaired) electrons. The molecule has 0 N–H and O–H groups in total. The summed E-state index contributed by atoms with van der Waals surface area (Å²) in [5.74, 6) is 0.755. The maximum atomic E-state index is 12.8. The minimum Gasteiger partial charge on any atom is -0.378 e. The van der Waals surface area contributed by atoms with Crippen LogP contribution in [0.15, 0.2) is 12.2 Å². The van der Waals surface area contributed by atoms with Crippen LogP contribution in [0.2, 0.25) is 0 Å². The summed E-state index contributed by atoms with van der Waals surface area (Å²) in [5, 5.41) is 0. The third-order valence-electron chi connectivity index (χ3n) is 2.86. The van der Waals surface area contributed by atoms with Crippen LogP contribution < -0.4 is 0 Å². The smallest absolute Gasteiger partial charge is 0.133 e. The van der Waals surface area contributed by atoms with E-state index in [1.165, 1.54) is 12.8 Å². The van der Waals surface area contributed by atoms with Crippen LogP contribution in [0.4, 0.5) is 4.39 Å². The summed E-state index contributed by atoms with van der Waals surface area (Å²) < 4.78 is 18.1. The van der Waals surface area contributed by atoms with Crippen LogP contribution in [0.3, 0.4) is 0 Å². The van der Waals surface area contributed by atoms with Crippen molar-refractivity contribution >= 4 is 0 Å². The lowest BCUT2D eigenvalue weighted by atomic mass is 10.4. The van der Waals surface area contributed by atoms with E-state index >= 15 is 0 Å². The van der Waals surface area contributed by atoms with Gasteiger partial charge >= 0.3 is 0 Å². The Morgan fingerprint density at radius 1 is 1.00 bits per heavy atom. The molecule has 0 amide bonds. The van der Waals surface area contributed by atoms with Crippen LogP contribution in [0.1, 0.15) is 12.8 Å². The average Bonchev–Trinajstić information content (AvgIpc) is 2.74. The lowest BCUT2D eigenvalue weighted by Gasteiger charge is -2.35. The van der Waals surface area contributed by atoms with E-state index in [0.29, 0.717) is 13.2 Å². The van der Waals surface area contributed by atoms with Crippen molar-refractivity contribution < 1.29 is 9.13 Å². The van der Waals surface area contributed by atoms with Crippen LogP contribution in [-0.4, -0.2) is 49.2 Å². The molecule has 2 fully saturated rings. The van der Waals surface area contributed by atoms with Crippen LogP contribution in [-0.2, 0) is 4.74 Å². The van der Waals surface area contributed by atoms with Crippen molar-refractivity contribution in [2.45, 2.75) is 12.8 Å². The Labute approximate surface area is 84.1 Å². The first-order valence-corrected chi connectivity index (χ1v) is 5.30. The van der Waals surface area contributed by atoms with Crippen molar-refractivity contribution in [1.29, 1.82) is 0 Å². The van der Waals surface area contributed by atoms with E-state index in [0.717, 1.165) is 38.3 Å². The minimum atomic E-state index is 0.713. The normalized spacial score (nSPS) is 24.5. The Balaban J connectivity index is 1.97. The van der Waals surface area contributed by atoms with Gasteiger partial charge in [-0.2, -0.15) is 0 Å². The number of likely N-dealkylation sites (tertiary alicyclic amines) is 1. The quantitative estimate of drug-likeness (QED) is 0.665. The highest BCUT2D eigenvalue weighted by atomic mass is 19.1. The van der Waals surface area contributed by atoms with Crippen LogP contribution in [0, 0.1) is 0 Å². The number of morpholine rings is 1. The molecule has 0 spiro atoms. The van der Waals surface area contributed by atoms with Crippen LogP contribution in [0.5, 0.6) is 0 Å². The van der Waals surface area contributed by atoms with E-state index in [1.54, 1.807) is 0 Å². The molecule has 2 aliphatic heterocycles. The van der Waals surface area contributed by atoms with Gasteiger partial charge in [0.1, 0.15) is 12.2 Å². The predicted octanol–water partition coefficient (Wildman–Crippen LogP) is 1.18. The molecule has 0 saturated carbocycles. The zero-order chi connectivity index (χ0) is 9.80. The lowest BCUT2D eigenvalue weighted by Crippen LogP contribution is -2.41. The van der Waals surface area contributed by atoms with Crippen LogP contribution >= 0.6 is 0 Å². The monoisotopic (exact) mass is 200 g/mol. The van der Waals surface area contributed by atoms with Crippen molar-refractivity contribution in [3.63, 3.8) is 0 Å². The molecular formula is C10H17FN2O. The molecule has 0 aromatic heterocycles. The molecule has 0 unspecified atom stereocenters. The van der Waals surface area contributed by atoms with Gasteiger partial charge in [0.15, 0.2) is 0 Å². The van der Waals surface area contributed by atoms with Crippen LogP contribution in [0.25, 0.3) is 0 Å². The van der Waals surface area contributed by atoms with Gasteiger partial charge in [-0.25, -0.2) is 4.39 Å². The van der Waals surface area contributed by atoms with Gasteiger partial charge in [0, 0.05) is 26.2 Å². The molecule has 14 heavy (non-hydrogen) atoms. The first-order chi connectivity index (χ1) is 6.92. The molecule has 4 heteroatoms. The summed E-state index contributed by atoms with van der Waals surface area (Å²) in [6, 6.07) is 0. The molecule has 0 aliphatic carbocycles. The number of nitrogens with zero attached hydrogens (tertiary/aromatic N) is 2. The molecule has 2 rings (SSSR count). The fourth-order valence-corrected chi connectivity index (χ4v) is 2.08. The summed E-state index contributed by atoms with van der Waals surface area (Å²) in [4.78, 5) is 4.21. The number of hydrogen-bond donors (Lipinski definition) is 0. The second-order valence-electron chi connectivity index (χ2n) is 3.76. The van der Waals surface area contributed by atoms with Gasteiger partial charge in [0.25, 0.3) is 0 Å². The molecule has 0 bridgehead atoms. The van der Waals surface area contributed by atoms with E-state index in [1.807, 2.05) is 0 Å². The topological polar surface area (TPSA) is 15.7 Å². The third-order valence-corrected chi connectivity index (χ3v) is 2.86. The van der Waals surface area contributed by atoms with E-state index in [9.17, 15) is 4.39 Å². The summed E-state index contributed by atoms with van der Waals surface area (Å²) in [6.07, 6.45) is 3.11. The molecule has 2 aliphatic rings. The summed E-state index contributed by atoms with van der Waals surface area (Å²) >= 11 is 0. The molecule has 0 aromatic rings. The van der Waals surface area contributed by atoms with E-state index in [4.69, 9.17) is 4.74 Å². The van der Waals surface area contributed by atoms with Gasteiger partial charge in [0.05, 0.1) is 13.2 Å². The molecule has 0 atom stereocenters. The Hall–Kier alpha value is -0.770. The SMILES string of the molecule is F/C=C(\N1CCCC1)N1CCOCC1. The van der Waals surface area contributed by atoms with E-state index < -0.39 is 0 Å². The highest BCUT2D eigenvalue weighted by Gasteiger charge is 2.21. The van der Waals surface area contributed by atoms with Gasteiger partial charge in [-0.1, -0.05) is 0 Å². The third kappa shape index (κ3) is 2.00. The Kier molecular flexibility index (Phi) is 3.24. The number of halogens is 1. The van der Waals surface area contributed by atoms with Gasteiger partial charge in [-0.3, -0.25) is 0 Å². The first-order valence-electron chi connectivity index (χ1n) is 5.30. The number of ether oxygens (including phenoxy) is 1. The largest absolute Gasteiger partial charge is 0.378 e. The lowest BCUT2D eigenvalue weighted by molar-refractivity contribution is 0.0388. The van der Waals surface area contributed by atoms with Gasteiger partial charge in [0.2, 0.25) is 0 Å². The molecule has 80 valence electrons. The highest BCUT2D eigenvalue weighted by Crippen LogP contribution is 2.19. The molecule has 2 heterocycles. The maximum absolute atomic E-state index is 12.8. The summed E-state index contributed by atoms with van der Waals surface area (Å²) in [6.45, 7) is 5.04. The maximum Gasteiger partial charge on any atom is 0.133 e. The van der Waals surface area contributed by atoms with Crippen molar-refractivity contribution in [2.24, 2.45) is 0 Å². The van der Waals surface area contributed by atoms with E-state index in [2.05, 4.69) is 9.80 Å². The van der Waals surface area contributed by atoms with Crippen molar-refractivity contribution in [1.82, 2.24) is 9.80 Å². The molecule has 2 saturated heterocycles. The zero-order valence-corrected chi connectivity index (χ0v) is 8.41. The number of hydrogen-bond acceptors (Lipinski definition) is 3. The Morgan fingerprint density at radius 2 is 1.57 bits per heavy atom. The molecule has 0 aromatic carbocycles. The van der Waals surface area contributed by atoms with Crippen molar-refractivity contribution in [3.8, 4) is 0 Å². The summed E-state index contributed by atoms with van der Waals surface area (Å²) in [7, 11) is 0. The van der Waals surface area contributed by atoms with Gasteiger partial charge < -0.3 is 14.5 Å². The second-order valence-corrected chi connectivity index (χ2v) is 3.76. The zero-order valence-electron chi connectivity index (χ0n) is 8.41. The molecular weight excluding hydrogens is 183 g/mol. The summed E-state index contributed by atoms with van der Waals surface area (Å²) in [5.41, 5.74) is 0. The molecule has 3 nitrogen and oxygen atoms in total. The van der Waals surface area contributed by atoms with E-state index in [-0.39, 0.29) is 0 Å². The minimum absolute atomic E-state index is 0.713. The highest BCUT2D eigenvalue weighted by molar-refractivity contribution is 4.99. The Morgan fingerprint density at radius 3 is 2.14 bits per heavy atom. The number of rotatable bonds is 2. The van der Waals surface area contributed by atoms with Gasteiger partial charge in [-0.05, 0) is 12.8 Å². The fraction of sp³-hybridized carbons (Fsp3) is 0.800.